The first-order valence-electron chi connectivity index (χ1n) is 8.20. The number of hydrogen-bond acceptors (Lipinski definition) is 5. The zero-order chi connectivity index (χ0) is 19.1. The maximum atomic E-state index is 12.0. The van der Waals surface area contributed by atoms with Crippen molar-refractivity contribution in [1.82, 2.24) is 14.9 Å². The van der Waals surface area contributed by atoms with Crippen molar-refractivity contribution in [3.63, 3.8) is 0 Å². The van der Waals surface area contributed by atoms with Crippen LogP contribution in [0.15, 0.2) is 46.1 Å². The average Bonchev–Trinajstić information content (AvgIpc) is 2.61. The molecule has 0 bridgehead atoms. The van der Waals surface area contributed by atoms with Gasteiger partial charge in [0.15, 0.2) is 6.61 Å². The molecule has 1 aromatic carbocycles. The Morgan fingerprint density at radius 2 is 1.88 bits per heavy atom. The van der Waals surface area contributed by atoms with Crippen molar-refractivity contribution in [3.8, 4) is 0 Å². The van der Waals surface area contributed by atoms with E-state index in [0.29, 0.717) is 6.42 Å². The predicted octanol–water partition coefficient (Wildman–Crippen LogP) is 0.656. The topological polar surface area (TPSA) is 110 Å². The Morgan fingerprint density at radius 3 is 2.50 bits per heavy atom. The second-order valence-electron chi connectivity index (χ2n) is 5.84. The maximum absolute atomic E-state index is 12.0. The van der Waals surface area contributed by atoms with Crippen LogP contribution in [-0.2, 0) is 20.9 Å². The van der Waals surface area contributed by atoms with Crippen molar-refractivity contribution in [2.75, 3.05) is 6.61 Å². The van der Waals surface area contributed by atoms with Crippen LogP contribution in [0.25, 0.3) is 0 Å². The second-order valence-corrected chi connectivity index (χ2v) is 5.84. The number of carbonyl (C=O) groups excluding carboxylic acids is 2. The lowest BCUT2D eigenvalue weighted by Gasteiger charge is -2.17. The van der Waals surface area contributed by atoms with Gasteiger partial charge in [0, 0.05) is 12.3 Å². The molecule has 2 N–H and O–H groups in total. The van der Waals surface area contributed by atoms with Crippen molar-refractivity contribution < 1.29 is 14.3 Å². The zero-order valence-electron chi connectivity index (χ0n) is 14.7. The minimum atomic E-state index is -0.752. The molecule has 1 atom stereocenters. The number of nitrogens with one attached hydrogen (secondary N) is 2. The van der Waals surface area contributed by atoms with E-state index in [2.05, 4.69) is 5.32 Å². The predicted molar refractivity (Wildman–Crippen MR) is 94.6 cm³/mol. The van der Waals surface area contributed by atoms with Crippen LogP contribution in [0.2, 0.25) is 0 Å². The van der Waals surface area contributed by atoms with E-state index < -0.39 is 36.3 Å². The van der Waals surface area contributed by atoms with E-state index in [-0.39, 0.29) is 6.04 Å². The van der Waals surface area contributed by atoms with Crippen molar-refractivity contribution >= 4 is 11.9 Å². The molecular weight excluding hydrogens is 338 g/mol. The van der Waals surface area contributed by atoms with E-state index in [1.807, 2.05) is 43.1 Å². The lowest BCUT2D eigenvalue weighted by atomic mass is 10.0. The highest BCUT2D eigenvalue weighted by Crippen LogP contribution is 2.16. The van der Waals surface area contributed by atoms with Crippen molar-refractivity contribution in [1.29, 1.82) is 0 Å². The third-order valence-corrected chi connectivity index (χ3v) is 3.78. The SMILES string of the molecule is CC[C@H](NC(=O)COC(=O)Cn1ccc(=O)[nH]c1=O)c1ccc(C)cc1. The number of H-pyrrole nitrogens is 1. The zero-order valence-corrected chi connectivity index (χ0v) is 14.7. The van der Waals surface area contributed by atoms with E-state index in [4.69, 9.17) is 4.74 Å². The maximum Gasteiger partial charge on any atom is 0.328 e. The largest absolute Gasteiger partial charge is 0.454 e. The summed E-state index contributed by atoms with van der Waals surface area (Å²) in [5, 5.41) is 2.81. The minimum Gasteiger partial charge on any atom is -0.454 e. The molecule has 0 saturated heterocycles. The van der Waals surface area contributed by atoms with Gasteiger partial charge in [-0.1, -0.05) is 36.8 Å². The number of nitrogens with zero attached hydrogens (tertiary/aromatic N) is 1. The number of esters is 1. The molecule has 0 radical (unpaired) electrons. The fourth-order valence-electron chi connectivity index (χ4n) is 2.36. The standard InChI is InChI=1S/C18H21N3O5/c1-3-14(13-6-4-12(2)5-7-13)19-16(23)11-26-17(24)10-21-9-8-15(22)20-18(21)25/h4-9,14H,3,10-11H2,1-2H3,(H,19,23)(H,20,22,25)/t14-/m0/s1. The highest BCUT2D eigenvalue weighted by molar-refractivity contribution is 5.80. The van der Waals surface area contributed by atoms with Gasteiger partial charge in [-0.2, -0.15) is 0 Å². The third kappa shape index (κ3) is 5.44. The van der Waals surface area contributed by atoms with Gasteiger partial charge in [-0.25, -0.2) is 4.79 Å². The Labute approximate surface area is 149 Å². The molecule has 0 aliphatic heterocycles. The van der Waals surface area contributed by atoms with Crippen LogP contribution >= 0.6 is 0 Å². The van der Waals surface area contributed by atoms with Crippen LogP contribution in [0.5, 0.6) is 0 Å². The monoisotopic (exact) mass is 359 g/mol. The first-order valence-corrected chi connectivity index (χ1v) is 8.20. The van der Waals surface area contributed by atoms with Gasteiger partial charge in [-0.15, -0.1) is 0 Å². The summed E-state index contributed by atoms with van der Waals surface area (Å²) in [5.74, 6) is -1.18. The fraction of sp³-hybridized carbons (Fsp3) is 0.333. The normalized spacial score (nSPS) is 11.6. The molecule has 0 unspecified atom stereocenters. The molecule has 1 aromatic heterocycles. The Bertz CT molecular complexity index is 883. The minimum absolute atomic E-state index is 0.177. The number of benzene rings is 1. The number of rotatable bonds is 7. The van der Waals surface area contributed by atoms with E-state index in [9.17, 15) is 19.2 Å². The fourth-order valence-corrected chi connectivity index (χ4v) is 2.36. The van der Waals surface area contributed by atoms with Crippen LogP contribution < -0.4 is 16.6 Å². The number of aromatic amines is 1. The van der Waals surface area contributed by atoms with Crippen molar-refractivity contribution in [2.45, 2.75) is 32.9 Å². The van der Waals surface area contributed by atoms with Gasteiger partial charge in [0.1, 0.15) is 6.54 Å². The Morgan fingerprint density at radius 1 is 1.19 bits per heavy atom. The van der Waals surface area contributed by atoms with E-state index in [1.165, 1.54) is 6.20 Å². The van der Waals surface area contributed by atoms with E-state index >= 15 is 0 Å². The molecule has 1 heterocycles. The number of aromatic nitrogens is 2. The van der Waals surface area contributed by atoms with Gasteiger partial charge in [-0.05, 0) is 18.9 Å². The molecule has 8 nitrogen and oxygen atoms in total. The second kappa shape index (κ2) is 8.80. The highest BCUT2D eigenvalue weighted by Gasteiger charge is 2.14. The molecule has 0 aliphatic rings. The molecule has 8 heteroatoms. The summed E-state index contributed by atoms with van der Waals surface area (Å²) in [7, 11) is 0. The van der Waals surface area contributed by atoms with Crippen LogP contribution in [-0.4, -0.2) is 28.0 Å². The Hall–Kier alpha value is -3.16. The average molecular weight is 359 g/mol. The van der Waals surface area contributed by atoms with Crippen molar-refractivity contribution in [3.05, 3.63) is 68.5 Å². The molecule has 0 saturated carbocycles. The number of amides is 1. The van der Waals surface area contributed by atoms with Crippen LogP contribution in [0.4, 0.5) is 0 Å². The first kappa shape index (κ1) is 19.2. The molecule has 2 aromatic rings. The summed E-state index contributed by atoms with van der Waals surface area (Å²) in [5.41, 5.74) is 0.823. The lowest BCUT2D eigenvalue weighted by molar-refractivity contribution is -0.149. The summed E-state index contributed by atoms with van der Waals surface area (Å²) in [6.07, 6.45) is 1.88. The van der Waals surface area contributed by atoms with E-state index in [0.717, 1.165) is 21.8 Å². The highest BCUT2D eigenvalue weighted by atomic mass is 16.5. The number of aryl methyl sites for hydroxylation is 1. The Balaban J connectivity index is 1.86. The van der Waals surface area contributed by atoms with Crippen molar-refractivity contribution in [2.24, 2.45) is 0 Å². The smallest absolute Gasteiger partial charge is 0.328 e. The molecule has 1 amide bonds. The van der Waals surface area contributed by atoms with Gasteiger partial charge in [-0.3, -0.25) is 23.9 Å². The van der Waals surface area contributed by atoms with Gasteiger partial charge < -0.3 is 10.1 Å². The van der Waals surface area contributed by atoms with Crippen LogP contribution in [0.1, 0.15) is 30.5 Å². The third-order valence-electron chi connectivity index (χ3n) is 3.78. The summed E-state index contributed by atoms with van der Waals surface area (Å²) in [6.45, 7) is 3.09. The quantitative estimate of drug-likeness (QED) is 0.706. The molecular formula is C18H21N3O5. The van der Waals surface area contributed by atoms with Crippen LogP contribution in [0.3, 0.4) is 0 Å². The molecule has 0 fully saturated rings. The molecule has 26 heavy (non-hydrogen) atoms. The molecule has 138 valence electrons. The van der Waals surface area contributed by atoms with Crippen LogP contribution in [0, 0.1) is 6.92 Å². The van der Waals surface area contributed by atoms with Gasteiger partial charge >= 0.3 is 11.7 Å². The molecule has 0 spiro atoms. The summed E-state index contributed by atoms with van der Waals surface area (Å²) >= 11 is 0. The number of hydrogen-bond donors (Lipinski definition) is 2. The summed E-state index contributed by atoms with van der Waals surface area (Å²) < 4.78 is 5.88. The van der Waals surface area contributed by atoms with Gasteiger partial charge in [0.05, 0.1) is 6.04 Å². The molecule has 0 aliphatic carbocycles. The number of carbonyl (C=O) groups is 2. The Kier molecular flexibility index (Phi) is 6.48. The van der Waals surface area contributed by atoms with E-state index in [1.54, 1.807) is 0 Å². The van der Waals surface area contributed by atoms with Gasteiger partial charge in [0.2, 0.25) is 0 Å². The summed E-state index contributed by atoms with van der Waals surface area (Å²) in [4.78, 5) is 48.3. The first-order chi connectivity index (χ1) is 12.4. The number of ether oxygens (including phenoxy) is 1. The lowest BCUT2D eigenvalue weighted by Crippen LogP contribution is -2.34. The molecule has 2 rings (SSSR count). The van der Waals surface area contributed by atoms with Gasteiger partial charge in [0.25, 0.3) is 11.5 Å². The summed E-state index contributed by atoms with van der Waals surface area (Å²) in [6, 6.07) is 8.76.